The lowest BCUT2D eigenvalue weighted by molar-refractivity contribution is -0.123. The average Bonchev–Trinajstić information content (AvgIpc) is 3.23. The molecular weight excluding hydrogens is 351 g/mol. The van der Waals surface area contributed by atoms with Crippen molar-refractivity contribution in [2.75, 3.05) is 0 Å². The van der Waals surface area contributed by atoms with Gasteiger partial charge < -0.3 is 10.6 Å². The van der Waals surface area contributed by atoms with Crippen LogP contribution in [0.5, 0.6) is 0 Å². The number of nitrogens with one attached hydrogen (secondary N) is 2. The average molecular weight is 381 g/mol. The van der Waals surface area contributed by atoms with Crippen molar-refractivity contribution in [3.63, 3.8) is 0 Å². The Morgan fingerprint density at radius 3 is 2.42 bits per heavy atom. The molecule has 1 aromatic rings. The van der Waals surface area contributed by atoms with Crippen LogP contribution in [0.15, 0.2) is 24.3 Å². The summed E-state index contributed by atoms with van der Waals surface area (Å²) >= 11 is 0. The summed E-state index contributed by atoms with van der Waals surface area (Å²) in [5.74, 6) is 0.750. The third kappa shape index (κ3) is 4.40. The number of hydrogen-bond acceptors (Lipinski definition) is 2. The summed E-state index contributed by atoms with van der Waals surface area (Å²) in [6.07, 6.45) is 9.84. The third-order valence-corrected chi connectivity index (χ3v) is 6.47. The Kier molecular flexibility index (Phi) is 6.57. The first-order chi connectivity index (χ1) is 12.2. The second kappa shape index (κ2) is 8.71. The lowest BCUT2D eigenvalue weighted by Gasteiger charge is -2.30. The summed E-state index contributed by atoms with van der Waals surface area (Å²) in [7, 11) is 0. The second-order valence-corrected chi connectivity index (χ2v) is 8.29. The van der Waals surface area contributed by atoms with E-state index in [1.807, 2.05) is 12.1 Å². The molecule has 0 radical (unpaired) electrons. The molecule has 144 valence electrons. The number of piperidine rings is 1. The zero-order valence-electron chi connectivity index (χ0n) is 15.3. The van der Waals surface area contributed by atoms with Gasteiger partial charge >= 0.3 is 0 Å². The van der Waals surface area contributed by atoms with E-state index in [2.05, 4.69) is 10.6 Å². The number of benzene rings is 1. The van der Waals surface area contributed by atoms with Crippen LogP contribution in [0.3, 0.4) is 0 Å². The van der Waals surface area contributed by atoms with Crippen LogP contribution in [0.25, 0.3) is 0 Å². The maximum Gasteiger partial charge on any atom is 0.220 e. The first kappa shape index (κ1) is 19.6. The summed E-state index contributed by atoms with van der Waals surface area (Å²) in [6, 6.07) is 7.97. The van der Waals surface area contributed by atoms with Crippen molar-refractivity contribution < 1.29 is 9.18 Å². The molecular formula is C21H30ClFN2O. The van der Waals surface area contributed by atoms with Crippen LogP contribution in [0.2, 0.25) is 0 Å². The Morgan fingerprint density at radius 2 is 1.77 bits per heavy atom. The molecule has 2 aliphatic heterocycles. The largest absolute Gasteiger partial charge is 0.349 e. The van der Waals surface area contributed by atoms with E-state index < -0.39 is 0 Å². The van der Waals surface area contributed by atoms with E-state index in [0.29, 0.717) is 35.9 Å². The van der Waals surface area contributed by atoms with Gasteiger partial charge in [-0.15, -0.1) is 12.4 Å². The number of halogens is 2. The van der Waals surface area contributed by atoms with Gasteiger partial charge in [-0.05, 0) is 56.4 Å². The molecule has 1 aromatic carbocycles. The smallest absolute Gasteiger partial charge is 0.220 e. The highest BCUT2D eigenvalue weighted by Crippen LogP contribution is 2.37. The van der Waals surface area contributed by atoms with E-state index in [1.165, 1.54) is 31.7 Å². The van der Waals surface area contributed by atoms with Crippen molar-refractivity contribution in [2.24, 2.45) is 11.8 Å². The monoisotopic (exact) mass is 380 g/mol. The fourth-order valence-electron chi connectivity index (χ4n) is 5.30. The molecule has 1 amide bonds. The normalized spacial score (nSPS) is 29.2. The highest BCUT2D eigenvalue weighted by atomic mass is 35.5. The molecule has 2 bridgehead atoms. The van der Waals surface area contributed by atoms with Crippen LogP contribution in [0.1, 0.15) is 69.4 Å². The second-order valence-electron chi connectivity index (χ2n) is 8.29. The Bertz CT molecular complexity index is 608. The zero-order valence-corrected chi connectivity index (χ0v) is 16.1. The molecule has 0 aromatic heterocycles. The van der Waals surface area contributed by atoms with Crippen molar-refractivity contribution in [1.82, 2.24) is 10.6 Å². The third-order valence-electron chi connectivity index (χ3n) is 6.47. The van der Waals surface area contributed by atoms with E-state index in [4.69, 9.17) is 0 Å². The number of amides is 1. The molecule has 2 saturated heterocycles. The molecule has 3 unspecified atom stereocenters. The Balaban J connectivity index is 0.00000196. The summed E-state index contributed by atoms with van der Waals surface area (Å²) in [5, 5.41) is 6.85. The minimum Gasteiger partial charge on any atom is -0.349 e. The van der Waals surface area contributed by atoms with E-state index in [1.54, 1.807) is 6.07 Å². The molecule has 3 nitrogen and oxygen atoms in total. The summed E-state index contributed by atoms with van der Waals surface area (Å²) in [4.78, 5) is 12.7. The van der Waals surface area contributed by atoms with Gasteiger partial charge in [0.2, 0.25) is 5.91 Å². The number of carbonyl (C=O) groups excluding carboxylic acids is 1. The van der Waals surface area contributed by atoms with Gasteiger partial charge in [0.15, 0.2) is 0 Å². The molecule has 26 heavy (non-hydrogen) atoms. The first-order valence-corrected chi connectivity index (χ1v) is 9.99. The topological polar surface area (TPSA) is 41.1 Å². The molecule has 3 atom stereocenters. The van der Waals surface area contributed by atoms with Crippen LogP contribution in [-0.4, -0.2) is 18.0 Å². The first-order valence-electron chi connectivity index (χ1n) is 9.99. The fourth-order valence-corrected chi connectivity index (χ4v) is 5.30. The van der Waals surface area contributed by atoms with Crippen LogP contribution in [0.4, 0.5) is 4.39 Å². The predicted octanol–water partition coefficient (Wildman–Crippen LogP) is 4.52. The van der Waals surface area contributed by atoms with Crippen LogP contribution >= 0.6 is 12.4 Å². The quantitative estimate of drug-likeness (QED) is 0.788. The van der Waals surface area contributed by atoms with Gasteiger partial charge in [-0.25, -0.2) is 4.39 Å². The highest BCUT2D eigenvalue weighted by molar-refractivity contribution is 5.85. The standard InChI is InChI=1S/C21H29FN2O.ClH/c22-19-8-4-3-7-18(19)21(15-5-1-2-6-15)24-20(25)13-14-11-16-9-10-17(12-14)23-16;/h3-4,7-8,14-17,21,23H,1-2,5-6,9-13H2,(H,24,25);1H. The molecule has 2 heterocycles. The van der Waals surface area contributed by atoms with Crippen molar-refractivity contribution in [2.45, 2.75) is 75.9 Å². The predicted molar refractivity (Wildman–Crippen MR) is 104 cm³/mol. The van der Waals surface area contributed by atoms with Crippen molar-refractivity contribution in [1.29, 1.82) is 0 Å². The number of carbonyl (C=O) groups is 1. The van der Waals surface area contributed by atoms with Gasteiger partial charge in [-0.2, -0.15) is 0 Å². The number of fused-ring (bicyclic) bond motifs is 2. The number of rotatable bonds is 5. The van der Waals surface area contributed by atoms with Crippen LogP contribution in [-0.2, 0) is 4.79 Å². The molecule has 5 heteroatoms. The summed E-state index contributed by atoms with van der Waals surface area (Å²) in [6.45, 7) is 0. The van der Waals surface area contributed by atoms with Gasteiger partial charge in [-0.1, -0.05) is 31.0 Å². The highest BCUT2D eigenvalue weighted by Gasteiger charge is 2.35. The van der Waals surface area contributed by atoms with E-state index in [9.17, 15) is 9.18 Å². The lowest BCUT2D eigenvalue weighted by Crippen LogP contribution is -2.40. The van der Waals surface area contributed by atoms with Crippen molar-refractivity contribution in [3.05, 3.63) is 35.6 Å². The molecule has 3 fully saturated rings. The Labute approximate surface area is 161 Å². The van der Waals surface area contributed by atoms with Gasteiger partial charge in [0, 0.05) is 24.1 Å². The van der Waals surface area contributed by atoms with Gasteiger partial charge in [0.05, 0.1) is 6.04 Å². The summed E-state index contributed by atoms with van der Waals surface area (Å²) in [5.41, 5.74) is 0.660. The SMILES string of the molecule is Cl.O=C(CC1CC2CCC(C1)N2)NC(c1ccccc1F)C1CCCC1. The molecule has 3 aliphatic rings. The molecule has 1 saturated carbocycles. The Morgan fingerprint density at radius 1 is 1.12 bits per heavy atom. The minimum atomic E-state index is -0.195. The zero-order chi connectivity index (χ0) is 17.2. The lowest BCUT2D eigenvalue weighted by atomic mass is 9.88. The van der Waals surface area contributed by atoms with Crippen molar-refractivity contribution in [3.8, 4) is 0 Å². The molecule has 2 N–H and O–H groups in total. The summed E-state index contributed by atoms with van der Waals surface area (Å²) < 4.78 is 14.4. The Hall–Kier alpha value is -1.13. The maximum absolute atomic E-state index is 14.4. The fraction of sp³-hybridized carbons (Fsp3) is 0.667. The van der Waals surface area contributed by atoms with Gasteiger partial charge in [0.25, 0.3) is 0 Å². The minimum absolute atomic E-state index is 0. The van der Waals surface area contributed by atoms with E-state index in [-0.39, 0.29) is 30.2 Å². The van der Waals surface area contributed by atoms with Gasteiger partial charge in [0.1, 0.15) is 5.82 Å². The molecule has 0 spiro atoms. The molecule has 1 aliphatic carbocycles. The van der Waals surface area contributed by atoms with E-state index in [0.717, 1.165) is 25.7 Å². The van der Waals surface area contributed by atoms with Crippen molar-refractivity contribution >= 4 is 18.3 Å². The van der Waals surface area contributed by atoms with Gasteiger partial charge in [-0.3, -0.25) is 4.79 Å². The molecule has 4 rings (SSSR count). The van der Waals surface area contributed by atoms with E-state index >= 15 is 0 Å². The number of hydrogen-bond donors (Lipinski definition) is 2. The van der Waals surface area contributed by atoms with Crippen LogP contribution < -0.4 is 10.6 Å². The van der Waals surface area contributed by atoms with Crippen LogP contribution in [0, 0.1) is 17.7 Å². The maximum atomic E-state index is 14.4.